The Morgan fingerprint density at radius 3 is 2.54 bits per heavy atom. The number of hydrogen-bond acceptors (Lipinski definition) is 5. The molecular weight excluding hydrogens is 338 g/mol. The molecule has 2 aliphatic rings. The van der Waals surface area contributed by atoms with Crippen LogP contribution >= 0.6 is 0 Å². The molecule has 4 unspecified atom stereocenters. The third-order valence-corrected chi connectivity index (χ3v) is 5.41. The number of hydrogen-bond donors (Lipinski definition) is 1. The molecular formula is C18H29N3O5. The van der Waals surface area contributed by atoms with Gasteiger partial charge in [0.2, 0.25) is 11.8 Å². The number of fused-ring (bicyclic) bond motifs is 1. The zero-order chi connectivity index (χ0) is 19.4. The normalized spacial score (nSPS) is 24.5. The topological polar surface area (TPSA) is 110 Å². The van der Waals surface area contributed by atoms with Crippen LogP contribution in [-0.2, 0) is 23.9 Å². The van der Waals surface area contributed by atoms with Crippen molar-refractivity contribution in [3.8, 4) is 0 Å². The van der Waals surface area contributed by atoms with Crippen LogP contribution in [-0.4, -0.2) is 71.7 Å². The van der Waals surface area contributed by atoms with Gasteiger partial charge in [0.25, 0.3) is 5.91 Å². The molecule has 0 aromatic rings. The Balaban J connectivity index is 2.03. The summed E-state index contributed by atoms with van der Waals surface area (Å²) >= 11 is 0. The van der Waals surface area contributed by atoms with Crippen molar-refractivity contribution in [1.82, 2.24) is 9.80 Å². The lowest BCUT2D eigenvalue weighted by atomic mass is 10.0. The van der Waals surface area contributed by atoms with E-state index in [1.165, 1.54) is 7.11 Å². The molecule has 0 radical (unpaired) electrons. The van der Waals surface area contributed by atoms with Crippen LogP contribution in [0.2, 0.25) is 0 Å². The largest absolute Gasteiger partial charge is 0.372 e. The van der Waals surface area contributed by atoms with E-state index in [1.807, 2.05) is 6.92 Å². The summed E-state index contributed by atoms with van der Waals surface area (Å²) in [7, 11) is 1.50. The summed E-state index contributed by atoms with van der Waals surface area (Å²) in [6.07, 6.45) is 1.98. The van der Waals surface area contributed by atoms with Crippen LogP contribution in [0.15, 0.2) is 0 Å². The lowest BCUT2D eigenvalue weighted by Crippen LogP contribution is -2.46. The van der Waals surface area contributed by atoms with Crippen LogP contribution in [0.25, 0.3) is 0 Å². The Hall–Kier alpha value is -1.96. The molecule has 0 aliphatic carbocycles. The van der Waals surface area contributed by atoms with E-state index in [0.29, 0.717) is 25.8 Å². The lowest BCUT2D eigenvalue weighted by Gasteiger charge is -2.27. The first-order valence-electron chi connectivity index (χ1n) is 9.26. The van der Waals surface area contributed by atoms with Crippen LogP contribution in [0.4, 0.5) is 0 Å². The van der Waals surface area contributed by atoms with Crippen molar-refractivity contribution in [3.05, 3.63) is 0 Å². The van der Waals surface area contributed by atoms with Gasteiger partial charge in [-0.25, -0.2) is 0 Å². The van der Waals surface area contributed by atoms with Crippen LogP contribution in [0, 0.1) is 5.92 Å². The summed E-state index contributed by atoms with van der Waals surface area (Å²) in [5, 5.41) is 0. The first-order valence-corrected chi connectivity index (χ1v) is 9.26. The highest BCUT2D eigenvalue weighted by Gasteiger charge is 2.51. The van der Waals surface area contributed by atoms with Crippen molar-refractivity contribution in [2.24, 2.45) is 11.7 Å². The predicted molar refractivity (Wildman–Crippen MR) is 93.9 cm³/mol. The fourth-order valence-corrected chi connectivity index (χ4v) is 3.81. The molecule has 0 aromatic heterocycles. The van der Waals surface area contributed by atoms with Crippen molar-refractivity contribution >= 4 is 23.5 Å². The van der Waals surface area contributed by atoms with E-state index >= 15 is 0 Å². The molecule has 26 heavy (non-hydrogen) atoms. The van der Waals surface area contributed by atoms with E-state index < -0.39 is 18.1 Å². The van der Waals surface area contributed by atoms with Crippen molar-refractivity contribution < 1.29 is 23.9 Å². The van der Waals surface area contributed by atoms with Gasteiger partial charge < -0.3 is 20.3 Å². The molecule has 4 atom stereocenters. The number of rotatable bonds is 8. The molecule has 2 saturated heterocycles. The van der Waals surface area contributed by atoms with Crippen LogP contribution in [0.3, 0.4) is 0 Å². The molecule has 2 rings (SSSR count). The van der Waals surface area contributed by atoms with Gasteiger partial charge in [-0.2, -0.15) is 0 Å². The Labute approximate surface area is 154 Å². The number of amides is 3. The molecule has 8 heteroatoms. The quantitative estimate of drug-likeness (QED) is 0.653. The Morgan fingerprint density at radius 1 is 1.27 bits per heavy atom. The molecule has 0 saturated carbocycles. The van der Waals surface area contributed by atoms with Gasteiger partial charge in [-0.15, -0.1) is 0 Å². The molecule has 8 nitrogen and oxygen atoms in total. The number of carbonyl (C=O) groups excluding carboxylic acids is 4. The summed E-state index contributed by atoms with van der Waals surface area (Å²) in [4.78, 5) is 52.0. The van der Waals surface area contributed by atoms with Gasteiger partial charge in [-0.05, 0) is 19.3 Å². The van der Waals surface area contributed by atoms with Gasteiger partial charge in [-0.3, -0.25) is 19.2 Å². The number of nitrogens with two attached hydrogens (primary N) is 1. The van der Waals surface area contributed by atoms with Gasteiger partial charge in [0, 0.05) is 26.0 Å². The molecule has 2 N–H and O–H groups in total. The third-order valence-electron chi connectivity index (χ3n) is 5.41. The third kappa shape index (κ3) is 4.06. The summed E-state index contributed by atoms with van der Waals surface area (Å²) < 4.78 is 5.28. The van der Waals surface area contributed by atoms with E-state index in [2.05, 4.69) is 0 Å². The number of primary amides is 1. The van der Waals surface area contributed by atoms with E-state index in [1.54, 1.807) is 16.7 Å². The molecule has 0 bridgehead atoms. The number of ether oxygens (including phenoxy) is 1. The highest BCUT2D eigenvalue weighted by atomic mass is 16.5. The van der Waals surface area contributed by atoms with Crippen molar-refractivity contribution in [1.29, 1.82) is 0 Å². The number of carbonyl (C=O) groups is 4. The summed E-state index contributed by atoms with van der Waals surface area (Å²) in [6.45, 7) is 4.13. The maximum absolute atomic E-state index is 12.7. The van der Waals surface area contributed by atoms with E-state index in [4.69, 9.17) is 10.5 Å². The molecule has 2 heterocycles. The lowest BCUT2D eigenvalue weighted by molar-refractivity contribution is -0.144. The number of methoxy groups -OCH3 is 1. The molecule has 2 aliphatic heterocycles. The highest BCUT2D eigenvalue weighted by Crippen LogP contribution is 2.31. The highest BCUT2D eigenvalue weighted by molar-refractivity contribution is 5.98. The second-order valence-electron chi connectivity index (χ2n) is 7.18. The zero-order valence-electron chi connectivity index (χ0n) is 15.8. The average Bonchev–Trinajstić information content (AvgIpc) is 3.18. The number of ketones is 1. The first-order chi connectivity index (χ1) is 12.3. The van der Waals surface area contributed by atoms with Crippen LogP contribution in [0.1, 0.15) is 46.0 Å². The molecule has 0 spiro atoms. The van der Waals surface area contributed by atoms with E-state index in [9.17, 15) is 19.2 Å². The van der Waals surface area contributed by atoms with Gasteiger partial charge in [0.05, 0.1) is 12.6 Å². The standard InChI is InChI=1S/C18H29N3O5/c1-4-5-14(26-3)18(25)21-10-13(22)16-12(21)8-9-20(16)15(23)7-6-11(2)17(19)24/h11-12,14,16H,4-10H2,1-3H3,(H2,19,24). The first kappa shape index (κ1) is 20.4. The minimum absolute atomic E-state index is 0.0270. The van der Waals surface area contributed by atoms with Gasteiger partial charge in [0.1, 0.15) is 12.1 Å². The summed E-state index contributed by atoms with van der Waals surface area (Å²) in [6, 6.07) is -0.850. The Bertz CT molecular complexity index is 579. The predicted octanol–water partition coefficient (Wildman–Crippen LogP) is 0.0839. The van der Waals surface area contributed by atoms with Gasteiger partial charge >= 0.3 is 0 Å². The van der Waals surface area contributed by atoms with Crippen LogP contribution in [0.5, 0.6) is 0 Å². The zero-order valence-corrected chi connectivity index (χ0v) is 15.8. The van der Waals surface area contributed by atoms with Gasteiger partial charge in [0.15, 0.2) is 5.78 Å². The second kappa shape index (κ2) is 8.62. The minimum atomic E-state index is -0.575. The Morgan fingerprint density at radius 2 is 1.96 bits per heavy atom. The SMILES string of the molecule is CCCC(OC)C(=O)N1CC(=O)C2C1CCN2C(=O)CCC(C)C(N)=O. The van der Waals surface area contributed by atoms with Crippen molar-refractivity contribution in [2.45, 2.75) is 64.1 Å². The average molecular weight is 367 g/mol. The molecule has 0 aromatic carbocycles. The second-order valence-corrected chi connectivity index (χ2v) is 7.18. The molecule has 3 amide bonds. The number of Topliss-reactive ketones (excluding diaryl/α,β-unsaturated/α-hetero) is 1. The summed E-state index contributed by atoms with van der Waals surface area (Å²) in [5.74, 6) is -1.26. The number of nitrogens with zero attached hydrogens (tertiary/aromatic N) is 2. The maximum Gasteiger partial charge on any atom is 0.252 e. The van der Waals surface area contributed by atoms with Crippen LogP contribution < -0.4 is 5.73 Å². The summed E-state index contributed by atoms with van der Waals surface area (Å²) in [5.41, 5.74) is 5.23. The molecule has 146 valence electrons. The van der Waals surface area contributed by atoms with E-state index in [0.717, 1.165) is 6.42 Å². The monoisotopic (exact) mass is 367 g/mol. The fourth-order valence-electron chi connectivity index (χ4n) is 3.81. The maximum atomic E-state index is 12.7. The number of likely N-dealkylation sites (tertiary alicyclic amines) is 2. The van der Waals surface area contributed by atoms with Crippen molar-refractivity contribution in [3.63, 3.8) is 0 Å². The molecule has 2 fully saturated rings. The van der Waals surface area contributed by atoms with E-state index in [-0.39, 0.29) is 42.5 Å². The Kier molecular flexibility index (Phi) is 6.75. The van der Waals surface area contributed by atoms with Gasteiger partial charge in [-0.1, -0.05) is 20.3 Å². The fraction of sp³-hybridized carbons (Fsp3) is 0.778. The van der Waals surface area contributed by atoms with Crippen molar-refractivity contribution in [2.75, 3.05) is 20.2 Å². The smallest absolute Gasteiger partial charge is 0.252 e. The minimum Gasteiger partial charge on any atom is -0.372 e.